The van der Waals surface area contributed by atoms with E-state index in [0.717, 1.165) is 25.8 Å². The van der Waals surface area contributed by atoms with E-state index >= 15 is 0 Å². The summed E-state index contributed by atoms with van der Waals surface area (Å²) in [5, 5.41) is 9.03. The van der Waals surface area contributed by atoms with Gasteiger partial charge in [0, 0.05) is 32.4 Å². The van der Waals surface area contributed by atoms with Gasteiger partial charge in [-0.1, -0.05) is 0 Å². The fourth-order valence-electron chi connectivity index (χ4n) is 2.39. The second-order valence-corrected chi connectivity index (χ2v) is 4.18. The van der Waals surface area contributed by atoms with Crippen LogP contribution in [0.4, 0.5) is 0 Å². The van der Waals surface area contributed by atoms with E-state index in [1.54, 1.807) is 0 Å². The van der Waals surface area contributed by atoms with Gasteiger partial charge in [-0.2, -0.15) is 0 Å². The molecule has 3 nitrogen and oxygen atoms in total. The third-order valence-corrected chi connectivity index (χ3v) is 3.28. The van der Waals surface area contributed by atoms with Crippen molar-refractivity contribution in [1.82, 2.24) is 4.90 Å². The minimum absolute atomic E-state index is 0.361. The Morgan fingerprint density at radius 1 is 1.23 bits per heavy atom. The van der Waals surface area contributed by atoms with Gasteiger partial charge in [0.05, 0.1) is 0 Å². The number of aliphatic hydroxyl groups excluding tert-OH is 1. The van der Waals surface area contributed by atoms with Crippen LogP contribution in [-0.2, 0) is 4.74 Å². The Bertz CT molecular complexity index is 157. The van der Waals surface area contributed by atoms with Gasteiger partial charge in [-0.3, -0.25) is 4.90 Å². The van der Waals surface area contributed by atoms with Crippen LogP contribution < -0.4 is 0 Å². The van der Waals surface area contributed by atoms with Crippen LogP contribution in [-0.4, -0.2) is 49.0 Å². The topological polar surface area (TPSA) is 32.7 Å². The Morgan fingerprint density at radius 2 is 2.00 bits per heavy atom. The first kappa shape index (κ1) is 9.44. The first-order valence-corrected chi connectivity index (χ1v) is 5.33. The van der Waals surface area contributed by atoms with E-state index in [0.29, 0.717) is 12.5 Å². The standard InChI is InChI=1S/C10H19NO2/c12-8-9-1-4-11(7-9)10-2-5-13-6-3-10/h9-10,12H,1-8H2. The van der Waals surface area contributed by atoms with Gasteiger partial charge in [0.2, 0.25) is 0 Å². The fraction of sp³-hybridized carbons (Fsp3) is 1.00. The van der Waals surface area contributed by atoms with Gasteiger partial charge in [0.15, 0.2) is 0 Å². The molecule has 0 aromatic rings. The molecule has 2 rings (SSSR count). The molecule has 0 amide bonds. The lowest BCUT2D eigenvalue weighted by atomic mass is 10.1. The molecule has 3 heteroatoms. The van der Waals surface area contributed by atoms with E-state index in [1.807, 2.05) is 0 Å². The number of aliphatic hydroxyl groups is 1. The van der Waals surface area contributed by atoms with E-state index < -0.39 is 0 Å². The van der Waals surface area contributed by atoms with Crippen molar-refractivity contribution in [3.8, 4) is 0 Å². The summed E-state index contributed by atoms with van der Waals surface area (Å²) in [6, 6.07) is 0.727. The number of hydrogen-bond acceptors (Lipinski definition) is 3. The van der Waals surface area contributed by atoms with Crippen molar-refractivity contribution in [2.75, 3.05) is 32.9 Å². The summed E-state index contributed by atoms with van der Waals surface area (Å²) in [4.78, 5) is 2.53. The van der Waals surface area contributed by atoms with Crippen molar-refractivity contribution in [1.29, 1.82) is 0 Å². The van der Waals surface area contributed by atoms with Gasteiger partial charge < -0.3 is 9.84 Å². The highest BCUT2D eigenvalue weighted by Gasteiger charge is 2.28. The highest BCUT2D eigenvalue weighted by molar-refractivity contribution is 4.82. The van der Waals surface area contributed by atoms with Gasteiger partial charge in [-0.05, 0) is 31.7 Å². The molecule has 0 spiro atoms. The fourth-order valence-corrected chi connectivity index (χ4v) is 2.39. The lowest BCUT2D eigenvalue weighted by Gasteiger charge is -2.30. The average Bonchev–Trinajstić information content (AvgIpc) is 2.67. The van der Waals surface area contributed by atoms with Gasteiger partial charge >= 0.3 is 0 Å². The van der Waals surface area contributed by atoms with Gasteiger partial charge in [0.1, 0.15) is 0 Å². The Hall–Kier alpha value is -0.120. The summed E-state index contributed by atoms with van der Waals surface area (Å²) in [6.07, 6.45) is 3.53. The molecular weight excluding hydrogens is 166 g/mol. The molecule has 0 aliphatic carbocycles. The van der Waals surface area contributed by atoms with Crippen molar-refractivity contribution in [3.05, 3.63) is 0 Å². The number of hydrogen-bond donors (Lipinski definition) is 1. The largest absolute Gasteiger partial charge is 0.396 e. The summed E-state index contributed by atoms with van der Waals surface area (Å²) >= 11 is 0. The van der Waals surface area contributed by atoms with Crippen molar-refractivity contribution in [2.24, 2.45) is 5.92 Å². The Labute approximate surface area is 79.7 Å². The summed E-state index contributed by atoms with van der Waals surface area (Å²) in [5.74, 6) is 0.530. The van der Waals surface area contributed by atoms with Crippen molar-refractivity contribution in [3.63, 3.8) is 0 Å². The van der Waals surface area contributed by atoms with E-state index in [2.05, 4.69) is 4.90 Å². The maximum Gasteiger partial charge on any atom is 0.0480 e. The van der Waals surface area contributed by atoms with E-state index in [4.69, 9.17) is 9.84 Å². The molecule has 2 aliphatic heterocycles. The first-order valence-electron chi connectivity index (χ1n) is 5.33. The highest BCUT2D eigenvalue weighted by atomic mass is 16.5. The summed E-state index contributed by atoms with van der Waals surface area (Å²) in [7, 11) is 0. The number of nitrogens with zero attached hydrogens (tertiary/aromatic N) is 1. The number of rotatable bonds is 2. The minimum Gasteiger partial charge on any atom is -0.396 e. The Balaban J connectivity index is 1.80. The minimum atomic E-state index is 0.361. The predicted molar refractivity (Wildman–Crippen MR) is 50.6 cm³/mol. The maximum atomic E-state index is 9.03. The molecule has 0 bridgehead atoms. The van der Waals surface area contributed by atoms with Crippen LogP contribution in [0.15, 0.2) is 0 Å². The molecule has 1 atom stereocenters. The molecule has 2 heterocycles. The third-order valence-electron chi connectivity index (χ3n) is 3.28. The van der Waals surface area contributed by atoms with Crippen LogP contribution in [0.2, 0.25) is 0 Å². The molecule has 2 aliphatic rings. The highest BCUT2D eigenvalue weighted by Crippen LogP contribution is 2.22. The lowest BCUT2D eigenvalue weighted by Crippen LogP contribution is -2.38. The monoisotopic (exact) mass is 185 g/mol. The summed E-state index contributed by atoms with van der Waals surface area (Å²) in [6.45, 7) is 4.48. The summed E-state index contributed by atoms with van der Waals surface area (Å²) < 4.78 is 5.34. The van der Waals surface area contributed by atoms with Gasteiger partial charge in [-0.15, -0.1) is 0 Å². The van der Waals surface area contributed by atoms with E-state index in [-0.39, 0.29) is 0 Å². The molecule has 0 saturated carbocycles. The molecule has 0 aromatic carbocycles. The Morgan fingerprint density at radius 3 is 2.62 bits per heavy atom. The molecule has 0 aromatic heterocycles. The molecule has 2 fully saturated rings. The molecule has 0 radical (unpaired) electrons. The lowest BCUT2D eigenvalue weighted by molar-refractivity contribution is 0.0402. The smallest absolute Gasteiger partial charge is 0.0480 e. The molecular formula is C10H19NO2. The number of likely N-dealkylation sites (tertiary alicyclic amines) is 1. The van der Waals surface area contributed by atoms with E-state index in [9.17, 15) is 0 Å². The molecule has 1 unspecified atom stereocenters. The maximum absolute atomic E-state index is 9.03. The quantitative estimate of drug-likeness (QED) is 0.679. The normalized spacial score (nSPS) is 32.5. The molecule has 1 N–H and O–H groups in total. The zero-order valence-corrected chi connectivity index (χ0v) is 8.11. The van der Waals surface area contributed by atoms with Gasteiger partial charge in [0.25, 0.3) is 0 Å². The van der Waals surface area contributed by atoms with Crippen LogP contribution in [0.5, 0.6) is 0 Å². The van der Waals surface area contributed by atoms with Crippen molar-refractivity contribution in [2.45, 2.75) is 25.3 Å². The second-order valence-electron chi connectivity index (χ2n) is 4.18. The molecule has 76 valence electrons. The second kappa shape index (κ2) is 4.40. The van der Waals surface area contributed by atoms with Crippen LogP contribution in [0.25, 0.3) is 0 Å². The summed E-state index contributed by atoms with van der Waals surface area (Å²) in [5.41, 5.74) is 0. The van der Waals surface area contributed by atoms with Gasteiger partial charge in [-0.25, -0.2) is 0 Å². The number of ether oxygens (including phenoxy) is 1. The van der Waals surface area contributed by atoms with Crippen molar-refractivity contribution < 1.29 is 9.84 Å². The first-order chi connectivity index (χ1) is 6.40. The molecule has 2 saturated heterocycles. The van der Waals surface area contributed by atoms with Crippen LogP contribution >= 0.6 is 0 Å². The third kappa shape index (κ3) is 2.22. The van der Waals surface area contributed by atoms with Crippen molar-refractivity contribution >= 4 is 0 Å². The SMILES string of the molecule is OCC1CCN(C2CCOCC2)C1. The predicted octanol–water partition coefficient (Wildman–Crippen LogP) is 0.480. The van der Waals surface area contributed by atoms with Crippen LogP contribution in [0.1, 0.15) is 19.3 Å². The average molecular weight is 185 g/mol. The Kier molecular flexibility index (Phi) is 3.19. The van der Waals surface area contributed by atoms with Crippen LogP contribution in [0, 0.1) is 5.92 Å². The zero-order chi connectivity index (χ0) is 9.10. The molecule has 13 heavy (non-hydrogen) atoms. The zero-order valence-electron chi connectivity index (χ0n) is 8.11. The van der Waals surface area contributed by atoms with Crippen LogP contribution in [0.3, 0.4) is 0 Å². The van der Waals surface area contributed by atoms with E-state index in [1.165, 1.54) is 25.8 Å².